The second kappa shape index (κ2) is 5.01. The highest BCUT2D eigenvalue weighted by Gasteiger charge is 2.48. The Bertz CT molecular complexity index is 305. The Morgan fingerprint density at radius 2 is 1.68 bits per heavy atom. The summed E-state index contributed by atoms with van der Waals surface area (Å²) >= 11 is 0. The molecule has 3 heteroatoms. The van der Waals surface area contributed by atoms with Crippen molar-refractivity contribution in [2.45, 2.75) is 63.5 Å². The summed E-state index contributed by atoms with van der Waals surface area (Å²) in [4.78, 5) is 0. The molecule has 1 unspecified atom stereocenters. The molecule has 0 aromatic heterocycles. The molecule has 19 heavy (non-hydrogen) atoms. The first kappa shape index (κ1) is 12.6. The molecule has 5 fully saturated rings. The van der Waals surface area contributed by atoms with Crippen molar-refractivity contribution in [1.29, 1.82) is 0 Å². The van der Waals surface area contributed by atoms with E-state index in [1.54, 1.807) is 0 Å². The normalized spacial score (nSPS) is 49.1. The van der Waals surface area contributed by atoms with Crippen molar-refractivity contribution in [3.8, 4) is 0 Å². The molecule has 108 valence electrons. The highest BCUT2D eigenvalue weighted by molar-refractivity contribution is 4.99. The van der Waals surface area contributed by atoms with Gasteiger partial charge < -0.3 is 4.74 Å². The Kier molecular flexibility index (Phi) is 3.33. The van der Waals surface area contributed by atoms with Gasteiger partial charge in [-0.25, -0.2) is 5.01 Å². The van der Waals surface area contributed by atoms with Crippen LogP contribution in [0.1, 0.15) is 51.4 Å². The van der Waals surface area contributed by atoms with E-state index in [1.807, 2.05) is 5.01 Å². The van der Waals surface area contributed by atoms with Crippen molar-refractivity contribution in [2.75, 3.05) is 13.2 Å². The first-order valence-electron chi connectivity index (χ1n) is 8.42. The van der Waals surface area contributed by atoms with Gasteiger partial charge in [-0.05, 0) is 75.0 Å². The summed E-state index contributed by atoms with van der Waals surface area (Å²) in [6.07, 6.45) is 11.6. The minimum Gasteiger partial charge on any atom is -0.378 e. The molecule has 4 aliphatic carbocycles. The van der Waals surface area contributed by atoms with E-state index in [1.165, 1.54) is 44.9 Å². The minimum atomic E-state index is 0.580. The lowest BCUT2D eigenvalue weighted by molar-refractivity contribution is -0.128. The van der Waals surface area contributed by atoms with Crippen LogP contribution in [0.3, 0.4) is 0 Å². The maximum absolute atomic E-state index is 6.35. The molecule has 1 atom stereocenters. The third-order valence-corrected chi connectivity index (χ3v) is 6.32. The van der Waals surface area contributed by atoms with Crippen LogP contribution in [-0.4, -0.2) is 30.3 Å². The molecule has 4 bridgehead atoms. The van der Waals surface area contributed by atoms with Crippen molar-refractivity contribution >= 4 is 0 Å². The fraction of sp³-hybridized carbons (Fsp3) is 1.00. The van der Waals surface area contributed by atoms with Gasteiger partial charge in [0.1, 0.15) is 0 Å². The van der Waals surface area contributed by atoms with E-state index >= 15 is 0 Å². The smallest absolute Gasteiger partial charge is 0.0631 e. The molecule has 0 radical (unpaired) electrons. The topological polar surface area (TPSA) is 38.5 Å². The zero-order chi connectivity index (χ0) is 12.8. The number of ether oxygens (including phenoxy) is 1. The second-order valence-corrected chi connectivity index (χ2v) is 7.59. The van der Waals surface area contributed by atoms with Gasteiger partial charge in [-0.2, -0.15) is 0 Å². The van der Waals surface area contributed by atoms with E-state index in [-0.39, 0.29) is 0 Å². The van der Waals surface area contributed by atoms with Crippen molar-refractivity contribution < 1.29 is 4.74 Å². The Morgan fingerprint density at radius 1 is 1.00 bits per heavy atom. The van der Waals surface area contributed by atoms with E-state index in [0.29, 0.717) is 12.1 Å². The van der Waals surface area contributed by atoms with Crippen LogP contribution in [0.4, 0.5) is 0 Å². The third-order valence-electron chi connectivity index (χ3n) is 6.32. The van der Waals surface area contributed by atoms with Crippen LogP contribution >= 0.6 is 0 Å². The standard InChI is InChI=1S/C16H28N2O/c17-18-4-1-2-15(18)3-5-19-16-13-7-11-6-12(9-13)10-14(16)8-11/h11-16H,1-10,17H2. The first-order valence-corrected chi connectivity index (χ1v) is 8.42. The Morgan fingerprint density at radius 3 is 2.26 bits per heavy atom. The predicted molar refractivity (Wildman–Crippen MR) is 75.3 cm³/mol. The monoisotopic (exact) mass is 264 g/mol. The lowest BCUT2D eigenvalue weighted by atomic mass is 9.55. The maximum Gasteiger partial charge on any atom is 0.0631 e. The molecule has 0 aromatic rings. The third kappa shape index (κ3) is 2.34. The summed E-state index contributed by atoms with van der Waals surface area (Å²) in [6.45, 7) is 2.01. The maximum atomic E-state index is 6.35. The van der Waals surface area contributed by atoms with Gasteiger partial charge in [0.25, 0.3) is 0 Å². The molecule has 1 saturated heterocycles. The zero-order valence-corrected chi connectivity index (χ0v) is 12.0. The molecule has 5 aliphatic rings. The van der Waals surface area contributed by atoms with Gasteiger partial charge in [-0.3, -0.25) is 5.84 Å². The number of nitrogens with two attached hydrogens (primary N) is 1. The number of rotatable bonds is 4. The minimum absolute atomic E-state index is 0.580. The van der Waals surface area contributed by atoms with Crippen LogP contribution < -0.4 is 5.84 Å². The van der Waals surface area contributed by atoms with E-state index in [4.69, 9.17) is 10.6 Å². The van der Waals surface area contributed by atoms with E-state index in [9.17, 15) is 0 Å². The lowest BCUT2D eigenvalue weighted by Crippen LogP contribution is -2.49. The first-order chi connectivity index (χ1) is 9.29. The van der Waals surface area contributed by atoms with Crippen molar-refractivity contribution in [2.24, 2.45) is 29.5 Å². The van der Waals surface area contributed by atoms with E-state index in [2.05, 4.69) is 0 Å². The highest BCUT2D eigenvalue weighted by atomic mass is 16.5. The molecule has 4 saturated carbocycles. The summed E-state index contributed by atoms with van der Waals surface area (Å²) in [6, 6.07) is 0.580. The van der Waals surface area contributed by atoms with Gasteiger partial charge in [0, 0.05) is 19.2 Å². The molecule has 0 amide bonds. The van der Waals surface area contributed by atoms with Gasteiger partial charge in [0.05, 0.1) is 6.10 Å². The average Bonchev–Trinajstić information content (AvgIpc) is 2.78. The van der Waals surface area contributed by atoms with E-state index in [0.717, 1.165) is 43.2 Å². The molecular weight excluding hydrogens is 236 g/mol. The Balaban J connectivity index is 1.29. The molecule has 0 aromatic carbocycles. The SMILES string of the molecule is NN1CCCC1CCOC1C2CC3CC(C2)CC1C3. The quantitative estimate of drug-likeness (QED) is 0.793. The summed E-state index contributed by atoms with van der Waals surface area (Å²) in [7, 11) is 0. The van der Waals surface area contributed by atoms with Gasteiger partial charge in [0.2, 0.25) is 0 Å². The molecule has 1 aliphatic heterocycles. The number of hydrazine groups is 1. The lowest BCUT2D eigenvalue weighted by Gasteiger charge is -2.54. The largest absolute Gasteiger partial charge is 0.378 e. The van der Waals surface area contributed by atoms with Gasteiger partial charge in [0.15, 0.2) is 0 Å². The summed E-state index contributed by atoms with van der Waals surface area (Å²) in [5.41, 5.74) is 0. The van der Waals surface area contributed by atoms with Crippen molar-refractivity contribution in [3.63, 3.8) is 0 Å². The van der Waals surface area contributed by atoms with Crippen LogP contribution in [0.15, 0.2) is 0 Å². The van der Waals surface area contributed by atoms with Crippen LogP contribution in [-0.2, 0) is 4.74 Å². The second-order valence-electron chi connectivity index (χ2n) is 7.59. The van der Waals surface area contributed by atoms with Crippen LogP contribution in [0.5, 0.6) is 0 Å². The van der Waals surface area contributed by atoms with Crippen LogP contribution in [0.25, 0.3) is 0 Å². The van der Waals surface area contributed by atoms with Crippen LogP contribution in [0, 0.1) is 23.7 Å². The summed E-state index contributed by atoms with van der Waals surface area (Å²) in [5.74, 6) is 9.89. The van der Waals surface area contributed by atoms with Crippen LogP contribution in [0.2, 0.25) is 0 Å². The van der Waals surface area contributed by atoms with Gasteiger partial charge >= 0.3 is 0 Å². The number of hydrogen-bond acceptors (Lipinski definition) is 3. The Hall–Kier alpha value is -0.120. The van der Waals surface area contributed by atoms with Gasteiger partial charge in [-0.15, -0.1) is 0 Å². The average molecular weight is 264 g/mol. The van der Waals surface area contributed by atoms with Crippen molar-refractivity contribution in [3.05, 3.63) is 0 Å². The molecule has 2 N–H and O–H groups in total. The highest BCUT2D eigenvalue weighted by Crippen LogP contribution is 2.54. The number of nitrogens with zero attached hydrogens (tertiary/aromatic N) is 1. The zero-order valence-electron chi connectivity index (χ0n) is 12.0. The summed E-state index contributed by atoms with van der Waals surface area (Å²) < 4.78 is 6.35. The molecular formula is C16H28N2O. The predicted octanol–water partition coefficient (Wildman–Crippen LogP) is 2.56. The molecule has 1 heterocycles. The van der Waals surface area contributed by atoms with Crippen molar-refractivity contribution in [1.82, 2.24) is 5.01 Å². The Labute approximate surface area is 116 Å². The summed E-state index contributed by atoms with van der Waals surface area (Å²) in [5, 5.41) is 2.03. The fourth-order valence-corrected chi connectivity index (χ4v) is 5.66. The molecule has 5 rings (SSSR count). The fourth-order valence-electron chi connectivity index (χ4n) is 5.66. The number of hydrogen-bond donors (Lipinski definition) is 1. The van der Waals surface area contributed by atoms with Gasteiger partial charge in [-0.1, -0.05) is 0 Å². The van der Waals surface area contributed by atoms with E-state index < -0.39 is 0 Å². The molecule has 3 nitrogen and oxygen atoms in total. The molecule has 0 spiro atoms.